The van der Waals surface area contributed by atoms with E-state index in [2.05, 4.69) is 25.4 Å². The Bertz CT molecular complexity index is 235. The highest BCUT2D eigenvalue weighted by atomic mass is 32.2. The van der Waals surface area contributed by atoms with Crippen LogP contribution in [0.2, 0.25) is 0 Å². The molecule has 0 aromatic carbocycles. The Hall–Kier alpha value is -0.220. The Labute approximate surface area is 103 Å². The van der Waals surface area contributed by atoms with Gasteiger partial charge in [0.25, 0.3) is 0 Å². The van der Waals surface area contributed by atoms with Crippen molar-refractivity contribution in [3.63, 3.8) is 0 Å². The van der Waals surface area contributed by atoms with Crippen LogP contribution >= 0.6 is 11.8 Å². The predicted molar refractivity (Wildman–Crippen MR) is 70.8 cm³/mol. The van der Waals surface area contributed by atoms with E-state index in [1.807, 2.05) is 23.7 Å². The van der Waals surface area contributed by atoms with Gasteiger partial charge in [-0.3, -0.25) is 4.79 Å². The fourth-order valence-corrected chi connectivity index (χ4v) is 2.68. The zero-order chi connectivity index (χ0) is 12.1. The van der Waals surface area contributed by atoms with Crippen molar-refractivity contribution in [2.24, 2.45) is 11.8 Å². The Kier molecular flexibility index (Phi) is 5.62. The minimum absolute atomic E-state index is 0.182. The molecule has 1 saturated heterocycles. The van der Waals surface area contributed by atoms with Crippen molar-refractivity contribution in [2.75, 3.05) is 32.1 Å². The molecule has 0 radical (unpaired) electrons. The molecule has 0 aromatic heterocycles. The third kappa shape index (κ3) is 3.39. The fraction of sp³-hybridized carbons (Fsp3) is 0.917. The Morgan fingerprint density at radius 1 is 1.56 bits per heavy atom. The van der Waals surface area contributed by atoms with Crippen LogP contribution in [0.25, 0.3) is 0 Å². The number of carbonyl (C=O) groups is 1. The molecule has 0 aromatic rings. The summed E-state index contributed by atoms with van der Waals surface area (Å²) in [5.41, 5.74) is 0. The van der Waals surface area contributed by atoms with Gasteiger partial charge in [-0.1, -0.05) is 6.92 Å². The van der Waals surface area contributed by atoms with E-state index in [4.69, 9.17) is 0 Å². The van der Waals surface area contributed by atoms with Gasteiger partial charge in [-0.2, -0.15) is 11.8 Å². The van der Waals surface area contributed by atoms with Gasteiger partial charge in [-0.15, -0.1) is 0 Å². The molecule has 1 amide bonds. The lowest BCUT2D eigenvalue weighted by molar-refractivity contribution is -0.136. The lowest BCUT2D eigenvalue weighted by Gasteiger charge is -2.28. The first-order valence-corrected chi connectivity index (χ1v) is 7.43. The van der Waals surface area contributed by atoms with E-state index in [9.17, 15) is 4.79 Å². The molecule has 0 spiro atoms. The zero-order valence-electron chi connectivity index (χ0n) is 10.8. The van der Waals surface area contributed by atoms with Gasteiger partial charge in [-0.05, 0) is 37.8 Å². The van der Waals surface area contributed by atoms with Gasteiger partial charge in [-0.25, -0.2) is 0 Å². The second-order valence-corrected chi connectivity index (χ2v) is 5.81. The normalized spacial score (nSPS) is 26.8. The van der Waals surface area contributed by atoms with Crippen molar-refractivity contribution in [3.8, 4) is 0 Å². The summed E-state index contributed by atoms with van der Waals surface area (Å²) < 4.78 is 0. The molecule has 94 valence electrons. The summed E-state index contributed by atoms with van der Waals surface area (Å²) in [7, 11) is 1.94. The number of rotatable bonds is 5. The molecule has 16 heavy (non-hydrogen) atoms. The van der Waals surface area contributed by atoms with Crippen LogP contribution in [0.15, 0.2) is 0 Å². The van der Waals surface area contributed by atoms with Gasteiger partial charge in [0, 0.05) is 19.6 Å². The average molecular weight is 244 g/mol. The van der Waals surface area contributed by atoms with Gasteiger partial charge in [0.05, 0.1) is 5.92 Å². The molecule has 4 heteroatoms. The molecule has 3 nitrogen and oxygen atoms in total. The van der Waals surface area contributed by atoms with Crippen molar-refractivity contribution in [2.45, 2.75) is 26.3 Å². The maximum absolute atomic E-state index is 12.2. The Balaban J connectivity index is 2.45. The molecule has 1 aliphatic heterocycles. The van der Waals surface area contributed by atoms with E-state index in [-0.39, 0.29) is 5.92 Å². The van der Waals surface area contributed by atoms with Crippen LogP contribution in [0.3, 0.4) is 0 Å². The van der Waals surface area contributed by atoms with Crippen LogP contribution < -0.4 is 5.32 Å². The number of hydrogen-bond donors (Lipinski definition) is 1. The number of nitrogens with one attached hydrogen (secondary N) is 1. The number of carbonyl (C=O) groups excluding carboxylic acids is 1. The highest BCUT2D eigenvalue weighted by Crippen LogP contribution is 2.19. The molecule has 1 rings (SSSR count). The highest BCUT2D eigenvalue weighted by Gasteiger charge is 2.32. The minimum Gasteiger partial charge on any atom is -0.343 e. The molecule has 1 aliphatic rings. The SMILES string of the molecule is CSCCC(C)N(C)C(=O)C1CNCC1C. The minimum atomic E-state index is 0.182. The molecule has 3 atom stereocenters. The van der Waals surface area contributed by atoms with Crippen molar-refractivity contribution < 1.29 is 4.79 Å². The first-order chi connectivity index (χ1) is 7.57. The molecule has 3 unspecified atom stereocenters. The van der Waals surface area contributed by atoms with Gasteiger partial charge >= 0.3 is 0 Å². The maximum atomic E-state index is 12.2. The van der Waals surface area contributed by atoms with E-state index in [0.29, 0.717) is 17.9 Å². The molecule has 0 saturated carbocycles. The van der Waals surface area contributed by atoms with E-state index in [1.165, 1.54) is 0 Å². The van der Waals surface area contributed by atoms with E-state index >= 15 is 0 Å². The third-order valence-electron chi connectivity index (χ3n) is 3.58. The lowest BCUT2D eigenvalue weighted by Crippen LogP contribution is -2.41. The monoisotopic (exact) mass is 244 g/mol. The van der Waals surface area contributed by atoms with Crippen molar-refractivity contribution in [1.82, 2.24) is 10.2 Å². The zero-order valence-corrected chi connectivity index (χ0v) is 11.6. The number of nitrogens with zero attached hydrogens (tertiary/aromatic N) is 1. The fourth-order valence-electron chi connectivity index (χ4n) is 2.10. The third-order valence-corrected chi connectivity index (χ3v) is 4.23. The number of amides is 1. The van der Waals surface area contributed by atoms with Gasteiger partial charge in [0.1, 0.15) is 0 Å². The molecular formula is C12H24N2OS. The quantitative estimate of drug-likeness (QED) is 0.794. The first-order valence-electron chi connectivity index (χ1n) is 6.04. The van der Waals surface area contributed by atoms with Crippen molar-refractivity contribution >= 4 is 17.7 Å². The summed E-state index contributed by atoms with van der Waals surface area (Å²) in [5.74, 6) is 2.09. The maximum Gasteiger partial charge on any atom is 0.227 e. The standard InChI is InChI=1S/C12H24N2OS/c1-9-7-13-8-11(9)12(15)14(3)10(2)5-6-16-4/h9-11,13H,5-8H2,1-4H3. The van der Waals surface area contributed by atoms with E-state index < -0.39 is 0 Å². The van der Waals surface area contributed by atoms with Gasteiger partial charge in [0.2, 0.25) is 5.91 Å². The molecule has 1 N–H and O–H groups in total. The summed E-state index contributed by atoms with van der Waals surface area (Å²) in [6, 6.07) is 0.354. The van der Waals surface area contributed by atoms with Crippen LogP contribution in [-0.2, 0) is 4.79 Å². The van der Waals surface area contributed by atoms with E-state index in [0.717, 1.165) is 25.3 Å². The molecule has 1 fully saturated rings. The van der Waals surface area contributed by atoms with Crippen LogP contribution in [0.5, 0.6) is 0 Å². The number of hydrogen-bond acceptors (Lipinski definition) is 3. The molecular weight excluding hydrogens is 220 g/mol. The number of thioether (sulfide) groups is 1. The summed E-state index contributed by atoms with van der Waals surface area (Å²) in [5, 5.41) is 3.29. The summed E-state index contributed by atoms with van der Waals surface area (Å²) in [6.45, 7) is 6.12. The van der Waals surface area contributed by atoms with Crippen LogP contribution in [-0.4, -0.2) is 49.0 Å². The Morgan fingerprint density at radius 2 is 2.25 bits per heavy atom. The van der Waals surface area contributed by atoms with Gasteiger partial charge < -0.3 is 10.2 Å². The van der Waals surface area contributed by atoms with Gasteiger partial charge in [0.15, 0.2) is 0 Å². The first kappa shape index (κ1) is 13.8. The Morgan fingerprint density at radius 3 is 2.75 bits per heavy atom. The molecule has 1 heterocycles. The predicted octanol–water partition coefficient (Wildman–Crippen LogP) is 1.44. The summed E-state index contributed by atoms with van der Waals surface area (Å²) >= 11 is 1.84. The van der Waals surface area contributed by atoms with Crippen LogP contribution in [0.1, 0.15) is 20.3 Å². The lowest BCUT2D eigenvalue weighted by atomic mass is 9.96. The average Bonchev–Trinajstić information content (AvgIpc) is 2.70. The smallest absolute Gasteiger partial charge is 0.227 e. The summed E-state index contributed by atoms with van der Waals surface area (Å²) in [4.78, 5) is 14.2. The largest absolute Gasteiger partial charge is 0.343 e. The molecule has 0 bridgehead atoms. The van der Waals surface area contributed by atoms with E-state index in [1.54, 1.807) is 0 Å². The second-order valence-electron chi connectivity index (χ2n) is 4.82. The summed E-state index contributed by atoms with van der Waals surface area (Å²) in [6.07, 6.45) is 3.19. The van der Waals surface area contributed by atoms with Crippen molar-refractivity contribution in [1.29, 1.82) is 0 Å². The van der Waals surface area contributed by atoms with Crippen molar-refractivity contribution in [3.05, 3.63) is 0 Å². The molecule has 0 aliphatic carbocycles. The topological polar surface area (TPSA) is 32.3 Å². The van der Waals surface area contributed by atoms with Crippen LogP contribution in [0, 0.1) is 11.8 Å². The highest BCUT2D eigenvalue weighted by molar-refractivity contribution is 7.98. The second kappa shape index (κ2) is 6.50. The van der Waals surface area contributed by atoms with Crippen LogP contribution in [0.4, 0.5) is 0 Å².